The second kappa shape index (κ2) is 6.54. The van der Waals surface area contributed by atoms with E-state index in [0.717, 1.165) is 10.0 Å². The van der Waals surface area contributed by atoms with Crippen LogP contribution in [0.2, 0.25) is 0 Å². The van der Waals surface area contributed by atoms with E-state index in [1.807, 2.05) is 18.2 Å². The molecule has 0 aliphatic heterocycles. The first-order chi connectivity index (χ1) is 9.61. The summed E-state index contributed by atoms with van der Waals surface area (Å²) < 4.78 is 6.05. The minimum absolute atomic E-state index is 0.201. The Labute approximate surface area is 126 Å². The summed E-state index contributed by atoms with van der Waals surface area (Å²) in [4.78, 5) is 12.2. The average Bonchev–Trinajstić information content (AvgIpc) is 2.42. The number of nitrogen functional groups attached to an aromatic ring is 1. The van der Waals surface area contributed by atoms with Crippen molar-refractivity contribution in [2.45, 2.75) is 6.61 Å². The average molecular weight is 335 g/mol. The highest BCUT2D eigenvalue weighted by atomic mass is 79.9. The van der Waals surface area contributed by atoms with Gasteiger partial charge in [-0.25, -0.2) is 0 Å². The summed E-state index contributed by atoms with van der Waals surface area (Å²) in [5, 5.41) is 2.88. The lowest BCUT2D eigenvalue weighted by molar-refractivity contribution is 0.102. The lowest BCUT2D eigenvalue weighted by Gasteiger charge is -2.12. The first kappa shape index (κ1) is 14.6. The van der Waals surface area contributed by atoms with Gasteiger partial charge in [0, 0.05) is 34.1 Å². The molecule has 0 spiro atoms. The Morgan fingerprint density at radius 3 is 2.75 bits per heavy atom. The van der Waals surface area contributed by atoms with Crippen LogP contribution in [0.5, 0.6) is 0 Å². The number of carbonyl (C=O) groups excluding carboxylic acids is 1. The molecule has 0 aromatic heterocycles. The van der Waals surface area contributed by atoms with Gasteiger partial charge in [-0.2, -0.15) is 0 Å². The monoisotopic (exact) mass is 334 g/mol. The molecule has 0 heterocycles. The van der Waals surface area contributed by atoms with Crippen molar-refractivity contribution >= 4 is 33.2 Å². The van der Waals surface area contributed by atoms with E-state index in [4.69, 9.17) is 10.5 Å². The Hall–Kier alpha value is -1.85. The summed E-state index contributed by atoms with van der Waals surface area (Å²) in [5.41, 5.74) is 8.38. The SMILES string of the molecule is COCc1c(Br)cccc1NC(=O)c1cccc(N)c1. The van der Waals surface area contributed by atoms with Gasteiger partial charge in [0.1, 0.15) is 0 Å². The summed E-state index contributed by atoms with van der Waals surface area (Å²) in [6.45, 7) is 0.411. The number of hydrogen-bond acceptors (Lipinski definition) is 3. The number of amides is 1. The van der Waals surface area contributed by atoms with Gasteiger partial charge in [-0.15, -0.1) is 0 Å². The van der Waals surface area contributed by atoms with Gasteiger partial charge in [0.15, 0.2) is 0 Å². The smallest absolute Gasteiger partial charge is 0.255 e. The van der Waals surface area contributed by atoms with Gasteiger partial charge in [-0.05, 0) is 30.3 Å². The van der Waals surface area contributed by atoms with Crippen molar-refractivity contribution < 1.29 is 9.53 Å². The Morgan fingerprint density at radius 1 is 1.30 bits per heavy atom. The Bertz CT molecular complexity index is 629. The van der Waals surface area contributed by atoms with Crippen LogP contribution in [0.4, 0.5) is 11.4 Å². The summed E-state index contributed by atoms with van der Waals surface area (Å²) in [5.74, 6) is -0.201. The number of nitrogens with one attached hydrogen (secondary N) is 1. The number of anilines is 2. The zero-order valence-electron chi connectivity index (χ0n) is 11.0. The van der Waals surface area contributed by atoms with E-state index in [-0.39, 0.29) is 5.91 Å². The molecule has 0 atom stereocenters. The Kier molecular flexibility index (Phi) is 4.76. The predicted octanol–water partition coefficient (Wildman–Crippen LogP) is 3.43. The lowest BCUT2D eigenvalue weighted by Crippen LogP contribution is -2.14. The van der Waals surface area contributed by atoms with E-state index in [9.17, 15) is 4.79 Å². The minimum Gasteiger partial charge on any atom is -0.399 e. The van der Waals surface area contributed by atoms with E-state index >= 15 is 0 Å². The van der Waals surface area contributed by atoms with Crippen LogP contribution in [0, 0.1) is 0 Å². The fourth-order valence-electron chi connectivity index (χ4n) is 1.84. The zero-order chi connectivity index (χ0) is 14.5. The predicted molar refractivity (Wildman–Crippen MR) is 83.7 cm³/mol. The van der Waals surface area contributed by atoms with Crippen LogP contribution in [-0.4, -0.2) is 13.0 Å². The number of rotatable bonds is 4. The second-order valence-corrected chi connectivity index (χ2v) is 5.13. The topological polar surface area (TPSA) is 64.3 Å². The third kappa shape index (κ3) is 3.37. The number of hydrogen-bond donors (Lipinski definition) is 2. The number of nitrogens with two attached hydrogens (primary N) is 1. The van der Waals surface area contributed by atoms with Crippen LogP contribution in [0.1, 0.15) is 15.9 Å². The first-order valence-electron chi connectivity index (χ1n) is 6.05. The molecule has 2 aromatic carbocycles. The number of carbonyl (C=O) groups is 1. The van der Waals surface area contributed by atoms with Gasteiger partial charge in [-0.3, -0.25) is 4.79 Å². The molecule has 104 valence electrons. The van der Waals surface area contributed by atoms with Gasteiger partial charge < -0.3 is 15.8 Å². The molecule has 5 heteroatoms. The molecule has 0 unspecified atom stereocenters. The molecule has 20 heavy (non-hydrogen) atoms. The third-order valence-electron chi connectivity index (χ3n) is 2.80. The Balaban J connectivity index is 2.26. The minimum atomic E-state index is -0.201. The summed E-state index contributed by atoms with van der Waals surface area (Å²) >= 11 is 3.45. The maximum Gasteiger partial charge on any atom is 0.255 e. The summed E-state index contributed by atoms with van der Waals surface area (Å²) in [6, 6.07) is 12.5. The molecule has 1 amide bonds. The number of halogens is 1. The standard InChI is InChI=1S/C15H15BrN2O2/c1-20-9-12-13(16)6-3-7-14(12)18-15(19)10-4-2-5-11(17)8-10/h2-8H,9,17H2,1H3,(H,18,19). The van der Waals surface area contributed by atoms with E-state index in [2.05, 4.69) is 21.2 Å². The highest BCUT2D eigenvalue weighted by Gasteiger charge is 2.11. The van der Waals surface area contributed by atoms with E-state index in [0.29, 0.717) is 23.5 Å². The lowest BCUT2D eigenvalue weighted by atomic mass is 10.1. The molecule has 2 aromatic rings. The van der Waals surface area contributed by atoms with Crippen LogP contribution < -0.4 is 11.1 Å². The van der Waals surface area contributed by atoms with E-state index in [1.54, 1.807) is 31.4 Å². The quantitative estimate of drug-likeness (QED) is 0.842. The molecule has 2 rings (SSSR count). The fraction of sp³-hybridized carbons (Fsp3) is 0.133. The molecule has 0 radical (unpaired) electrons. The molecule has 0 saturated heterocycles. The maximum absolute atomic E-state index is 12.2. The van der Waals surface area contributed by atoms with Crippen molar-refractivity contribution in [2.24, 2.45) is 0 Å². The normalized spacial score (nSPS) is 10.3. The molecule has 0 aliphatic rings. The van der Waals surface area contributed by atoms with Crippen molar-refractivity contribution in [2.75, 3.05) is 18.2 Å². The van der Waals surface area contributed by atoms with Crippen LogP contribution in [0.15, 0.2) is 46.9 Å². The van der Waals surface area contributed by atoms with Crippen LogP contribution >= 0.6 is 15.9 Å². The zero-order valence-corrected chi connectivity index (χ0v) is 12.6. The molecule has 0 aliphatic carbocycles. The van der Waals surface area contributed by atoms with E-state index in [1.165, 1.54) is 0 Å². The summed E-state index contributed by atoms with van der Waals surface area (Å²) in [6.07, 6.45) is 0. The Morgan fingerprint density at radius 2 is 2.05 bits per heavy atom. The molecule has 0 bridgehead atoms. The summed E-state index contributed by atoms with van der Waals surface area (Å²) in [7, 11) is 1.61. The van der Waals surface area contributed by atoms with Crippen LogP contribution in [-0.2, 0) is 11.3 Å². The molecule has 0 fully saturated rings. The largest absolute Gasteiger partial charge is 0.399 e. The fourth-order valence-corrected chi connectivity index (χ4v) is 2.32. The highest BCUT2D eigenvalue weighted by molar-refractivity contribution is 9.10. The van der Waals surface area contributed by atoms with E-state index < -0.39 is 0 Å². The van der Waals surface area contributed by atoms with Gasteiger partial charge in [-0.1, -0.05) is 28.1 Å². The van der Waals surface area contributed by atoms with Crippen molar-refractivity contribution in [1.29, 1.82) is 0 Å². The first-order valence-corrected chi connectivity index (χ1v) is 6.84. The second-order valence-electron chi connectivity index (χ2n) is 4.28. The number of benzene rings is 2. The number of methoxy groups -OCH3 is 1. The van der Waals surface area contributed by atoms with Crippen molar-refractivity contribution in [3.8, 4) is 0 Å². The van der Waals surface area contributed by atoms with Gasteiger partial charge in [0.25, 0.3) is 5.91 Å². The highest BCUT2D eigenvalue weighted by Crippen LogP contribution is 2.26. The molecule has 3 N–H and O–H groups in total. The van der Waals surface area contributed by atoms with Crippen molar-refractivity contribution in [3.63, 3.8) is 0 Å². The maximum atomic E-state index is 12.2. The third-order valence-corrected chi connectivity index (χ3v) is 3.55. The van der Waals surface area contributed by atoms with Gasteiger partial charge >= 0.3 is 0 Å². The molecular weight excluding hydrogens is 320 g/mol. The van der Waals surface area contributed by atoms with Gasteiger partial charge in [0.05, 0.1) is 6.61 Å². The van der Waals surface area contributed by atoms with Crippen LogP contribution in [0.3, 0.4) is 0 Å². The van der Waals surface area contributed by atoms with Gasteiger partial charge in [0.2, 0.25) is 0 Å². The molecule has 0 saturated carbocycles. The van der Waals surface area contributed by atoms with Crippen molar-refractivity contribution in [1.82, 2.24) is 0 Å². The van der Waals surface area contributed by atoms with Crippen molar-refractivity contribution in [3.05, 3.63) is 58.1 Å². The number of ether oxygens (including phenoxy) is 1. The molecular formula is C15H15BrN2O2. The van der Waals surface area contributed by atoms with Crippen LogP contribution in [0.25, 0.3) is 0 Å². The molecule has 4 nitrogen and oxygen atoms in total.